The number of hydrogen-bond donors (Lipinski definition) is 3. The largest absolute Gasteiger partial charge is 0.391 e. The molecule has 0 amide bonds. The van der Waals surface area contributed by atoms with Crippen molar-refractivity contribution >= 4 is 18.1 Å². The molecule has 1 aliphatic heterocycles. The first-order valence-corrected chi connectivity index (χ1v) is 6.10. The van der Waals surface area contributed by atoms with Gasteiger partial charge in [0.1, 0.15) is 5.82 Å². The van der Waals surface area contributed by atoms with E-state index in [1.165, 1.54) is 12.1 Å². The third kappa shape index (κ3) is 4.11. The molecular weight excluding hydrogens is 289 g/mol. The molecule has 8 heteroatoms. The molecule has 0 aromatic heterocycles. The van der Waals surface area contributed by atoms with Gasteiger partial charge in [0, 0.05) is 43.7 Å². The Bertz CT molecular complexity index is 475. The van der Waals surface area contributed by atoms with Gasteiger partial charge in [0.25, 0.3) is 5.69 Å². The Morgan fingerprint density at radius 1 is 1.50 bits per heavy atom. The number of non-ortho nitro benzene ring substituents is 1. The standard InChI is InChI=1S/C12H16FN3O3.ClH/c13-11-3-10(16(18)19)2-1-8(11)4-14-5-9-6-15-7-12(9)17;/h1-3,9,12,14-15,17H,4-7H2;1H. The maximum atomic E-state index is 13.6. The van der Waals surface area contributed by atoms with E-state index >= 15 is 0 Å². The Morgan fingerprint density at radius 3 is 2.80 bits per heavy atom. The molecular formula is C12H17ClFN3O3. The van der Waals surface area contributed by atoms with Crippen LogP contribution in [0.4, 0.5) is 10.1 Å². The predicted molar refractivity (Wildman–Crippen MR) is 74.4 cm³/mol. The van der Waals surface area contributed by atoms with Crippen molar-refractivity contribution in [2.24, 2.45) is 5.92 Å². The maximum Gasteiger partial charge on any atom is 0.272 e. The van der Waals surface area contributed by atoms with Gasteiger partial charge in [0.15, 0.2) is 0 Å². The molecule has 20 heavy (non-hydrogen) atoms. The lowest BCUT2D eigenvalue weighted by Crippen LogP contribution is -2.30. The summed E-state index contributed by atoms with van der Waals surface area (Å²) in [5.74, 6) is -0.479. The molecule has 0 aliphatic carbocycles. The van der Waals surface area contributed by atoms with Crippen molar-refractivity contribution in [3.05, 3.63) is 39.7 Å². The molecule has 1 fully saturated rings. The van der Waals surface area contributed by atoms with E-state index < -0.39 is 10.7 Å². The van der Waals surface area contributed by atoms with Crippen LogP contribution in [0.3, 0.4) is 0 Å². The third-order valence-electron chi connectivity index (χ3n) is 3.27. The summed E-state index contributed by atoms with van der Waals surface area (Å²) < 4.78 is 13.6. The number of nitro groups is 1. The highest BCUT2D eigenvalue weighted by atomic mass is 35.5. The summed E-state index contributed by atoms with van der Waals surface area (Å²) in [5, 5.41) is 26.2. The normalized spacial score (nSPS) is 21.5. The molecule has 0 radical (unpaired) electrons. The van der Waals surface area contributed by atoms with Gasteiger partial charge < -0.3 is 15.7 Å². The molecule has 1 saturated heterocycles. The molecule has 3 N–H and O–H groups in total. The van der Waals surface area contributed by atoms with E-state index in [1.807, 2.05) is 0 Å². The highest BCUT2D eigenvalue weighted by Crippen LogP contribution is 2.16. The third-order valence-corrected chi connectivity index (χ3v) is 3.27. The van der Waals surface area contributed by atoms with Gasteiger partial charge in [-0.05, 0) is 6.07 Å². The molecule has 0 spiro atoms. The smallest absolute Gasteiger partial charge is 0.272 e. The average Bonchev–Trinajstić information content (AvgIpc) is 2.77. The number of aliphatic hydroxyl groups is 1. The van der Waals surface area contributed by atoms with E-state index in [9.17, 15) is 19.6 Å². The van der Waals surface area contributed by atoms with E-state index in [1.54, 1.807) is 0 Å². The molecule has 112 valence electrons. The zero-order chi connectivity index (χ0) is 13.8. The minimum Gasteiger partial charge on any atom is -0.391 e. The minimum absolute atomic E-state index is 0. The number of benzene rings is 1. The molecule has 0 saturated carbocycles. The van der Waals surface area contributed by atoms with E-state index in [2.05, 4.69) is 10.6 Å². The highest BCUT2D eigenvalue weighted by molar-refractivity contribution is 5.85. The van der Waals surface area contributed by atoms with Crippen LogP contribution >= 0.6 is 12.4 Å². The summed E-state index contributed by atoms with van der Waals surface area (Å²) in [6, 6.07) is 3.61. The van der Waals surface area contributed by atoms with Gasteiger partial charge in [-0.2, -0.15) is 0 Å². The van der Waals surface area contributed by atoms with Gasteiger partial charge in [0.2, 0.25) is 0 Å². The topological polar surface area (TPSA) is 87.4 Å². The Balaban J connectivity index is 0.00000200. The molecule has 1 aromatic rings. The molecule has 1 aromatic carbocycles. The summed E-state index contributed by atoms with van der Waals surface area (Å²) in [4.78, 5) is 9.85. The molecule has 6 nitrogen and oxygen atoms in total. The quantitative estimate of drug-likeness (QED) is 0.554. The van der Waals surface area contributed by atoms with Crippen LogP contribution in [0.1, 0.15) is 5.56 Å². The van der Waals surface area contributed by atoms with Crippen molar-refractivity contribution in [1.29, 1.82) is 0 Å². The summed E-state index contributed by atoms with van der Waals surface area (Å²) in [6.07, 6.45) is -0.380. The minimum atomic E-state index is -0.624. The van der Waals surface area contributed by atoms with Crippen molar-refractivity contribution in [1.82, 2.24) is 10.6 Å². The average molecular weight is 306 g/mol. The second-order valence-electron chi connectivity index (χ2n) is 4.65. The van der Waals surface area contributed by atoms with Crippen LogP contribution in [0.15, 0.2) is 18.2 Å². The summed E-state index contributed by atoms with van der Waals surface area (Å²) >= 11 is 0. The number of hydrogen-bond acceptors (Lipinski definition) is 5. The van der Waals surface area contributed by atoms with Gasteiger partial charge in [0.05, 0.1) is 17.1 Å². The van der Waals surface area contributed by atoms with Crippen LogP contribution in [0.5, 0.6) is 0 Å². The van der Waals surface area contributed by atoms with E-state index in [0.717, 1.165) is 12.6 Å². The SMILES string of the molecule is Cl.O=[N+]([O-])c1ccc(CNCC2CNCC2O)c(F)c1. The second-order valence-corrected chi connectivity index (χ2v) is 4.65. The second kappa shape index (κ2) is 7.49. The van der Waals surface area contributed by atoms with Crippen LogP contribution in [-0.4, -0.2) is 35.8 Å². The van der Waals surface area contributed by atoms with Gasteiger partial charge in [-0.3, -0.25) is 10.1 Å². The number of β-amino-alcohol motifs (C(OH)–C–C–N with tert-alkyl or cyclic N) is 1. The Kier molecular flexibility index (Phi) is 6.28. The Morgan fingerprint density at radius 2 is 2.25 bits per heavy atom. The first-order chi connectivity index (χ1) is 9.08. The van der Waals surface area contributed by atoms with E-state index in [4.69, 9.17) is 0 Å². The van der Waals surface area contributed by atoms with Gasteiger partial charge in [-0.15, -0.1) is 12.4 Å². The Labute approximate surface area is 121 Å². The van der Waals surface area contributed by atoms with Gasteiger partial charge in [-0.1, -0.05) is 0 Å². The van der Waals surface area contributed by atoms with Crippen LogP contribution in [-0.2, 0) is 6.54 Å². The number of nitro benzene ring substituents is 1. The zero-order valence-corrected chi connectivity index (χ0v) is 11.5. The van der Waals surface area contributed by atoms with Crippen LogP contribution < -0.4 is 10.6 Å². The first-order valence-electron chi connectivity index (χ1n) is 6.10. The number of aliphatic hydroxyl groups excluding tert-OH is 1. The Hall–Kier alpha value is -1.28. The summed E-state index contributed by atoms with van der Waals surface area (Å²) in [5.41, 5.74) is 0.128. The van der Waals surface area contributed by atoms with Crippen molar-refractivity contribution in [3.63, 3.8) is 0 Å². The predicted octanol–water partition coefficient (Wildman–Crippen LogP) is 0.826. The van der Waals surface area contributed by atoms with E-state index in [-0.39, 0.29) is 36.7 Å². The van der Waals surface area contributed by atoms with Crippen LogP contribution in [0.2, 0.25) is 0 Å². The first kappa shape index (κ1) is 16.8. The van der Waals surface area contributed by atoms with E-state index in [0.29, 0.717) is 18.7 Å². The van der Waals surface area contributed by atoms with Crippen LogP contribution in [0.25, 0.3) is 0 Å². The summed E-state index contributed by atoms with van der Waals surface area (Å²) in [6.45, 7) is 2.17. The van der Waals surface area contributed by atoms with Crippen LogP contribution in [0, 0.1) is 21.8 Å². The monoisotopic (exact) mass is 305 g/mol. The molecule has 1 aliphatic rings. The number of halogens is 2. The molecule has 2 unspecified atom stereocenters. The van der Waals surface area contributed by atoms with Crippen molar-refractivity contribution < 1.29 is 14.4 Å². The van der Waals surface area contributed by atoms with Gasteiger partial charge in [-0.25, -0.2) is 4.39 Å². The maximum absolute atomic E-state index is 13.6. The van der Waals surface area contributed by atoms with Crippen molar-refractivity contribution in [2.75, 3.05) is 19.6 Å². The summed E-state index contributed by atoms with van der Waals surface area (Å²) in [7, 11) is 0. The van der Waals surface area contributed by atoms with Gasteiger partial charge >= 0.3 is 0 Å². The van der Waals surface area contributed by atoms with Crippen molar-refractivity contribution in [3.8, 4) is 0 Å². The lowest BCUT2D eigenvalue weighted by atomic mass is 10.1. The fourth-order valence-corrected chi connectivity index (χ4v) is 2.11. The lowest BCUT2D eigenvalue weighted by molar-refractivity contribution is -0.385. The molecule has 1 heterocycles. The molecule has 0 bridgehead atoms. The number of nitrogens with zero attached hydrogens (tertiary/aromatic N) is 1. The number of nitrogens with one attached hydrogen (secondary N) is 2. The number of rotatable bonds is 5. The lowest BCUT2D eigenvalue weighted by Gasteiger charge is -2.14. The molecule has 2 atom stereocenters. The molecule has 2 rings (SSSR count). The fourth-order valence-electron chi connectivity index (χ4n) is 2.11. The highest BCUT2D eigenvalue weighted by Gasteiger charge is 2.24. The fraction of sp³-hybridized carbons (Fsp3) is 0.500. The van der Waals surface area contributed by atoms with Crippen molar-refractivity contribution in [2.45, 2.75) is 12.6 Å². The zero-order valence-electron chi connectivity index (χ0n) is 10.7.